The van der Waals surface area contributed by atoms with Crippen molar-refractivity contribution in [2.45, 2.75) is 6.04 Å². The van der Waals surface area contributed by atoms with E-state index in [1.165, 1.54) is 0 Å². The molecule has 3 N–H and O–H groups in total. The third-order valence-corrected chi connectivity index (χ3v) is 2.53. The largest absolute Gasteiger partial charge is 0.394 e. The van der Waals surface area contributed by atoms with Gasteiger partial charge in [-0.15, -0.1) is 0 Å². The Morgan fingerprint density at radius 1 is 1.43 bits per heavy atom. The van der Waals surface area contributed by atoms with Crippen molar-refractivity contribution in [1.29, 1.82) is 0 Å². The number of hydrogen-bond donors (Lipinski definition) is 2. The van der Waals surface area contributed by atoms with Crippen LogP contribution < -0.4 is 5.73 Å². The first kappa shape index (κ1) is 9.24. The summed E-state index contributed by atoms with van der Waals surface area (Å²) in [6.45, 7) is -0.0235. The smallest absolute Gasteiger partial charge is 0.0625 e. The number of fused-ring (bicyclic) bond motifs is 1. The maximum atomic E-state index is 9.04. The van der Waals surface area contributed by atoms with E-state index in [-0.39, 0.29) is 12.6 Å². The molecule has 14 heavy (non-hydrogen) atoms. The van der Waals surface area contributed by atoms with Gasteiger partial charge in [0, 0.05) is 13.2 Å². The molecule has 0 unspecified atom stereocenters. The molecule has 0 aliphatic rings. The van der Waals surface area contributed by atoms with E-state index in [1.807, 2.05) is 42.1 Å². The molecule has 74 valence electrons. The van der Waals surface area contributed by atoms with Crippen LogP contribution >= 0.6 is 0 Å². The van der Waals surface area contributed by atoms with Crippen LogP contribution in [0.3, 0.4) is 0 Å². The highest BCUT2D eigenvalue weighted by Gasteiger charge is 2.10. The minimum atomic E-state index is -0.299. The maximum absolute atomic E-state index is 9.04. The molecule has 3 heteroatoms. The Bertz CT molecular complexity index is 447. The zero-order valence-electron chi connectivity index (χ0n) is 8.14. The molecule has 1 aromatic carbocycles. The average Bonchev–Trinajstić information content (AvgIpc) is 2.59. The van der Waals surface area contributed by atoms with Crippen LogP contribution in [0.2, 0.25) is 0 Å². The highest BCUT2D eigenvalue weighted by molar-refractivity contribution is 5.83. The van der Waals surface area contributed by atoms with E-state index in [1.54, 1.807) is 0 Å². The number of nitrogens with zero attached hydrogens (tertiary/aromatic N) is 1. The summed E-state index contributed by atoms with van der Waals surface area (Å²) in [7, 11) is 1.98. The molecule has 0 aliphatic carbocycles. The van der Waals surface area contributed by atoms with Gasteiger partial charge in [0.05, 0.1) is 18.2 Å². The van der Waals surface area contributed by atoms with Crippen LogP contribution in [0.15, 0.2) is 30.5 Å². The van der Waals surface area contributed by atoms with E-state index >= 15 is 0 Å². The van der Waals surface area contributed by atoms with Crippen molar-refractivity contribution in [2.24, 2.45) is 12.8 Å². The molecule has 3 nitrogen and oxygen atoms in total. The highest BCUT2D eigenvalue weighted by Crippen LogP contribution is 2.23. The summed E-state index contributed by atoms with van der Waals surface area (Å²) in [5, 5.41) is 10.2. The highest BCUT2D eigenvalue weighted by atomic mass is 16.3. The summed E-state index contributed by atoms with van der Waals surface area (Å²) >= 11 is 0. The van der Waals surface area contributed by atoms with E-state index in [0.717, 1.165) is 16.5 Å². The molecule has 2 rings (SSSR count). The lowest BCUT2D eigenvalue weighted by molar-refractivity contribution is 0.268. The van der Waals surface area contributed by atoms with Gasteiger partial charge >= 0.3 is 0 Å². The van der Waals surface area contributed by atoms with Crippen LogP contribution in [0.5, 0.6) is 0 Å². The molecule has 0 radical (unpaired) electrons. The Morgan fingerprint density at radius 3 is 2.93 bits per heavy atom. The summed E-state index contributed by atoms with van der Waals surface area (Å²) in [6.07, 6.45) is 2.00. The van der Waals surface area contributed by atoms with E-state index in [2.05, 4.69) is 0 Å². The second-order valence-electron chi connectivity index (χ2n) is 3.50. The molecule has 1 atom stereocenters. The number of hydrogen-bond acceptors (Lipinski definition) is 2. The normalized spacial score (nSPS) is 13.4. The van der Waals surface area contributed by atoms with Crippen molar-refractivity contribution >= 4 is 10.9 Å². The van der Waals surface area contributed by atoms with Crippen LogP contribution in [0.25, 0.3) is 10.9 Å². The van der Waals surface area contributed by atoms with Crippen LogP contribution in [0, 0.1) is 0 Å². The summed E-state index contributed by atoms with van der Waals surface area (Å²) in [4.78, 5) is 0. The molecule has 0 saturated carbocycles. The minimum absolute atomic E-state index is 0.0235. The Morgan fingerprint density at radius 2 is 2.21 bits per heavy atom. The zero-order valence-corrected chi connectivity index (χ0v) is 8.14. The van der Waals surface area contributed by atoms with Gasteiger partial charge in [-0.25, -0.2) is 0 Å². The third-order valence-electron chi connectivity index (χ3n) is 2.53. The van der Waals surface area contributed by atoms with Crippen molar-refractivity contribution < 1.29 is 5.11 Å². The van der Waals surface area contributed by atoms with E-state index in [9.17, 15) is 0 Å². The predicted molar refractivity (Wildman–Crippen MR) is 56.9 cm³/mol. The number of para-hydroxylation sites is 1. The van der Waals surface area contributed by atoms with Crippen molar-refractivity contribution in [2.75, 3.05) is 6.61 Å². The molecule has 2 aromatic rings. The fourth-order valence-electron chi connectivity index (χ4n) is 1.79. The fourth-order valence-corrected chi connectivity index (χ4v) is 1.79. The van der Waals surface area contributed by atoms with Gasteiger partial charge < -0.3 is 15.4 Å². The summed E-state index contributed by atoms with van der Waals surface area (Å²) in [5.74, 6) is 0. The molecule has 0 spiro atoms. The predicted octanol–water partition coefficient (Wildman–Crippen LogP) is 1.17. The summed E-state index contributed by atoms with van der Waals surface area (Å²) in [5.41, 5.74) is 7.93. The van der Waals surface area contributed by atoms with Gasteiger partial charge in [0.1, 0.15) is 0 Å². The lowest BCUT2D eigenvalue weighted by Crippen LogP contribution is -2.15. The molecule has 1 aromatic heterocycles. The first-order valence-corrected chi connectivity index (χ1v) is 4.64. The van der Waals surface area contributed by atoms with E-state index in [4.69, 9.17) is 10.8 Å². The number of aryl methyl sites for hydroxylation is 1. The van der Waals surface area contributed by atoms with Gasteiger partial charge in [0.25, 0.3) is 0 Å². The van der Waals surface area contributed by atoms with Crippen LogP contribution in [-0.4, -0.2) is 16.3 Å². The second-order valence-corrected chi connectivity index (χ2v) is 3.50. The van der Waals surface area contributed by atoms with Gasteiger partial charge in [-0.1, -0.05) is 18.2 Å². The van der Waals surface area contributed by atoms with Gasteiger partial charge in [0.2, 0.25) is 0 Å². The average molecular weight is 190 g/mol. The van der Waals surface area contributed by atoms with Crippen molar-refractivity contribution in [3.8, 4) is 0 Å². The van der Waals surface area contributed by atoms with Crippen LogP contribution in [0.1, 0.15) is 11.6 Å². The van der Waals surface area contributed by atoms with Gasteiger partial charge in [-0.05, 0) is 17.0 Å². The van der Waals surface area contributed by atoms with Gasteiger partial charge in [0.15, 0.2) is 0 Å². The third kappa shape index (κ3) is 1.31. The van der Waals surface area contributed by atoms with E-state index < -0.39 is 0 Å². The van der Waals surface area contributed by atoms with Gasteiger partial charge in [-0.3, -0.25) is 0 Å². The fraction of sp³-hybridized carbons (Fsp3) is 0.273. The number of aromatic nitrogens is 1. The molecule has 0 fully saturated rings. The molecule has 1 heterocycles. The lowest BCUT2D eigenvalue weighted by atomic mass is 10.1. The quantitative estimate of drug-likeness (QED) is 0.747. The number of aliphatic hydroxyl groups is 1. The lowest BCUT2D eigenvalue weighted by Gasteiger charge is -2.11. The van der Waals surface area contributed by atoms with Crippen molar-refractivity contribution in [3.05, 3.63) is 36.0 Å². The van der Waals surface area contributed by atoms with Crippen molar-refractivity contribution in [1.82, 2.24) is 4.57 Å². The standard InChI is InChI=1S/C11H14N2O/c1-13-6-5-8-3-2-4-9(11(8)13)10(12)7-14/h2-6,10,14H,7,12H2,1H3/t10-/m0/s1. The monoisotopic (exact) mass is 190 g/mol. The number of aliphatic hydroxyl groups excluding tert-OH is 1. The first-order valence-electron chi connectivity index (χ1n) is 4.64. The topological polar surface area (TPSA) is 51.2 Å². The van der Waals surface area contributed by atoms with Gasteiger partial charge in [-0.2, -0.15) is 0 Å². The Kier molecular flexibility index (Phi) is 2.27. The molecule has 0 saturated heterocycles. The van der Waals surface area contributed by atoms with Crippen LogP contribution in [0.4, 0.5) is 0 Å². The zero-order chi connectivity index (χ0) is 10.1. The second kappa shape index (κ2) is 3.44. The SMILES string of the molecule is Cn1ccc2cccc([C@@H](N)CO)c21. The first-order chi connectivity index (χ1) is 6.74. The summed E-state index contributed by atoms with van der Waals surface area (Å²) in [6, 6.07) is 7.72. The molecule has 0 amide bonds. The number of benzene rings is 1. The molecular formula is C11H14N2O. The number of rotatable bonds is 2. The van der Waals surface area contributed by atoms with Crippen LogP contribution in [-0.2, 0) is 7.05 Å². The summed E-state index contributed by atoms with van der Waals surface area (Å²) < 4.78 is 2.03. The Balaban J connectivity index is 2.69. The molecular weight excluding hydrogens is 176 g/mol. The molecule has 0 bridgehead atoms. The number of nitrogens with two attached hydrogens (primary N) is 1. The maximum Gasteiger partial charge on any atom is 0.0625 e. The molecule has 0 aliphatic heterocycles. The Labute approximate surface area is 82.8 Å². The van der Waals surface area contributed by atoms with E-state index in [0.29, 0.717) is 0 Å². The minimum Gasteiger partial charge on any atom is -0.394 e. The Hall–Kier alpha value is -1.32. The van der Waals surface area contributed by atoms with Crippen molar-refractivity contribution in [3.63, 3.8) is 0 Å².